The molecule has 3 rings (SSSR count). The summed E-state index contributed by atoms with van der Waals surface area (Å²) in [6, 6.07) is 7.67. The van der Waals surface area contributed by atoms with Crippen LogP contribution in [0.4, 0.5) is 5.82 Å². The normalized spacial score (nSPS) is 16.1. The highest BCUT2D eigenvalue weighted by Crippen LogP contribution is 2.17. The van der Waals surface area contributed by atoms with Crippen molar-refractivity contribution in [3.8, 4) is 0 Å². The van der Waals surface area contributed by atoms with E-state index in [0.29, 0.717) is 32.0 Å². The van der Waals surface area contributed by atoms with Gasteiger partial charge in [0.15, 0.2) is 5.82 Å². The standard InChI is InChI=1S/C20H28N4O2/c1-4-5-8-15(2)19(25)24-13-11-23(12-14-24)18-20(26)22(3)17-10-7-6-9-16(17)21-18/h6-7,9-10,15H,4-5,8,11-14H2,1-3H3/t15-/m1/s1. The second-order valence-electron chi connectivity index (χ2n) is 7.14. The van der Waals surface area contributed by atoms with Crippen molar-refractivity contribution in [3.63, 3.8) is 0 Å². The van der Waals surface area contributed by atoms with Crippen LogP contribution < -0.4 is 10.5 Å². The van der Waals surface area contributed by atoms with Gasteiger partial charge in [-0.1, -0.05) is 38.8 Å². The number of para-hydroxylation sites is 2. The van der Waals surface area contributed by atoms with Gasteiger partial charge in [0.2, 0.25) is 5.91 Å². The van der Waals surface area contributed by atoms with Crippen LogP contribution in [0.1, 0.15) is 33.1 Å². The van der Waals surface area contributed by atoms with E-state index in [1.165, 1.54) is 0 Å². The molecule has 1 atom stereocenters. The molecule has 1 aliphatic heterocycles. The predicted molar refractivity (Wildman–Crippen MR) is 104 cm³/mol. The summed E-state index contributed by atoms with van der Waals surface area (Å²) in [4.78, 5) is 33.8. The van der Waals surface area contributed by atoms with Gasteiger partial charge in [0.1, 0.15) is 0 Å². The molecular weight excluding hydrogens is 328 g/mol. The van der Waals surface area contributed by atoms with Crippen molar-refractivity contribution in [2.75, 3.05) is 31.1 Å². The number of piperazine rings is 1. The van der Waals surface area contributed by atoms with Crippen molar-refractivity contribution < 1.29 is 4.79 Å². The highest BCUT2D eigenvalue weighted by Gasteiger charge is 2.26. The molecule has 26 heavy (non-hydrogen) atoms. The van der Waals surface area contributed by atoms with E-state index < -0.39 is 0 Å². The molecule has 6 nitrogen and oxygen atoms in total. The number of unbranched alkanes of at least 4 members (excludes halogenated alkanes) is 1. The van der Waals surface area contributed by atoms with Gasteiger partial charge in [-0.15, -0.1) is 0 Å². The lowest BCUT2D eigenvalue weighted by Crippen LogP contribution is -2.51. The third kappa shape index (κ3) is 3.59. The van der Waals surface area contributed by atoms with E-state index in [-0.39, 0.29) is 17.4 Å². The Kier molecular flexibility index (Phi) is 5.59. The molecule has 0 unspecified atom stereocenters. The van der Waals surface area contributed by atoms with Crippen LogP contribution in [0, 0.1) is 5.92 Å². The van der Waals surface area contributed by atoms with Gasteiger partial charge in [0.25, 0.3) is 5.56 Å². The Labute approximate surface area is 154 Å². The number of aromatic nitrogens is 2. The van der Waals surface area contributed by atoms with Crippen LogP contribution in [0.15, 0.2) is 29.1 Å². The molecule has 1 aromatic carbocycles. The highest BCUT2D eigenvalue weighted by atomic mass is 16.2. The summed E-state index contributed by atoms with van der Waals surface area (Å²) in [6.07, 6.45) is 3.15. The van der Waals surface area contributed by atoms with E-state index in [0.717, 1.165) is 30.3 Å². The summed E-state index contributed by atoms with van der Waals surface area (Å²) >= 11 is 0. The molecule has 1 aromatic heterocycles. The topological polar surface area (TPSA) is 58.4 Å². The Balaban J connectivity index is 1.72. The van der Waals surface area contributed by atoms with Crippen LogP contribution in [-0.4, -0.2) is 46.5 Å². The number of nitrogens with zero attached hydrogens (tertiary/aromatic N) is 4. The average Bonchev–Trinajstić information content (AvgIpc) is 2.68. The van der Waals surface area contributed by atoms with Gasteiger partial charge >= 0.3 is 0 Å². The van der Waals surface area contributed by atoms with Crippen LogP contribution in [0.3, 0.4) is 0 Å². The fraction of sp³-hybridized carbons (Fsp3) is 0.550. The molecule has 1 saturated heterocycles. The lowest BCUT2D eigenvalue weighted by atomic mass is 10.0. The first-order chi connectivity index (χ1) is 12.5. The Morgan fingerprint density at radius 3 is 2.58 bits per heavy atom. The third-order valence-corrected chi connectivity index (χ3v) is 5.27. The van der Waals surface area contributed by atoms with E-state index >= 15 is 0 Å². The SMILES string of the molecule is CCCC[C@@H](C)C(=O)N1CCN(c2nc3ccccc3n(C)c2=O)CC1. The molecule has 0 spiro atoms. The fourth-order valence-electron chi connectivity index (χ4n) is 3.55. The van der Waals surface area contributed by atoms with Gasteiger partial charge in [-0.25, -0.2) is 4.98 Å². The molecule has 1 fully saturated rings. The molecule has 0 saturated carbocycles. The number of fused-ring (bicyclic) bond motifs is 1. The van der Waals surface area contributed by atoms with Crippen LogP contribution in [0.5, 0.6) is 0 Å². The van der Waals surface area contributed by atoms with Gasteiger partial charge in [0, 0.05) is 39.1 Å². The third-order valence-electron chi connectivity index (χ3n) is 5.27. The monoisotopic (exact) mass is 356 g/mol. The van der Waals surface area contributed by atoms with Crippen LogP contribution in [0.25, 0.3) is 11.0 Å². The van der Waals surface area contributed by atoms with Gasteiger partial charge in [-0.3, -0.25) is 9.59 Å². The molecule has 1 amide bonds. The molecule has 2 heterocycles. The van der Waals surface area contributed by atoms with Crippen molar-refractivity contribution in [2.24, 2.45) is 13.0 Å². The molecule has 2 aromatic rings. The molecule has 0 radical (unpaired) electrons. The summed E-state index contributed by atoms with van der Waals surface area (Å²) in [5.41, 5.74) is 1.57. The summed E-state index contributed by atoms with van der Waals surface area (Å²) in [5, 5.41) is 0. The number of carbonyl (C=O) groups is 1. The van der Waals surface area contributed by atoms with E-state index in [1.54, 1.807) is 11.6 Å². The van der Waals surface area contributed by atoms with Gasteiger partial charge in [0.05, 0.1) is 11.0 Å². The zero-order valence-corrected chi connectivity index (χ0v) is 15.9. The number of carbonyl (C=O) groups excluding carboxylic acids is 1. The molecule has 6 heteroatoms. The number of aryl methyl sites for hydroxylation is 1. The number of hydrogen-bond acceptors (Lipinski definition) is 4. The average molecular weight is 356 g/mol. The maximum atomic E-state index is 12.7. The summed E-state index contributed by atoms with van der Waals surface area (Å²) in [7, 11) is 1.78. The first-order valence-electron chi connectivity index (χ1n) is 9.52. The highest BCUT2D eigenvalue weighted by molar-refractivity contribution is 5.79. The quantitative estimate of drug-likeness (QED) is 0.825. The minimum absolute atomic E-state index is 0.0770. The number of anilines is 1. The van der Waals surface area contributed by atoms with E-state index in [4.69, 9.17) is 0 Å². The molecule has 1 aliphatic rings. The number of benzene rings is 1. The number of hydrogen-bond donors (Lipinski definition) is 0. The Morgan fingerprint density at radius 2 is 1.88 bits per heavy atom. The maximum absolute atomic E-state index is 12.7. The molecule has 140 valence electrons. The van der Waals surface area contributed by atoms with E-state index in [2.05, 4.69) is 11.9 Å². The van der Waals surface area contributed by atoms with Crippen LogP contribution in [-0.2, 0) is 11.8 Å². The maximum Gasteiger partial charge on any atom is 0.293 e. The largest absolute Gasteiger partial charge is 0.348 e. The van der Waals surface area contributed by atoms with Gasteiger partial charge in [-0.2, -0.15) is 0 Å². The van der Waals surface area contributed by atoms with Crippen molar-refractivity contribution in [1.82, 2.24) is 14.5 Å². The predicted octanol–water partition coefficient (Wildman–Crippen LogP) is 2.41. The second-order valence-corrected chi connectivity index (χ2v) is 7.14. The second kappa shape index (κ2) is 7.89. The smallest absolute Gasteiger partial charge is 0.293 e. The zero-order chi connectivity index (χ0) is 18.7. The van der Waals surface area contributed by atoms with E-state index in [9.17, 15) is 9.59 Å². The Bertz CT molecular complexity index is 837. The van der Waals surface area contributed by atoms with Crippen LogP contribution >= 0.6 is 0 Å². The Hall–Kier alpha value is -2.37. The fourth-order valence-corrected chi connectivity index (χ4v) is 3.55. The first kappa shape index (κ1) is 18.4. The van der Waals surface area contributed by atoms with Crippen molar-refractivity contribution in [2.45, 2.75) is 33.1 Å². The van der Waals surface area contributed by atoms with E-state index in [1.807, 2.05) is 41.0 Å². The molecule has 0 N–H and O–H groups in total. The van der Waals surface area contributed by atoms with Crippen LogP contribution in [0.2, 0.25) is 0 Å². The number of rotatable bonds is 5. The summed E-state index contributed by atoms with van der Waals surface area (Å²) in [6.45, 7) is 6.75. The summed E-state index contributed by atoms with van der Waals surface area (Å²) < 4.78 is 1.65. The minimum Gasteiger partial charge on any atom is -0.348 e. The first-order valence-corrected chi connectivity index (χ1v) is 9.52. The van der Waals surface area contributed by atoms with Crippen molar-refractivity contribution in [1.29, 1.82) is 0 Å². The zero-order valence-electron chi connectivity index (χ0n) is 15.9. The van der Waals surface area contributed by atoms with Crippen molar-refractivity contribution in [3.05, 3.63) is 34.6 Å². The van der Waals surface area contributed by atoms with Crippen molar-refractivity contribution >= 4 is 22.8 Å². The molecular formula is C20H28N4O2. The van der Waals surface area contributed by atoms with Gasteiger partial charge in [-0.05, 0) is 18.6 Å². The number of amides is 1. The minimum atomic E-state index is -0.0835. The molecule has 0 aliphatic carbocycles. The Morgan fingerprint density at radius 1 is 1.19 bits per heavy atom. The lowest BCUT2D eigenvalue weighted by Gasteiger charge is -2.36. The molecule has 0 bridgehead atoms. The summed E-state index contributed by atoms with van der Waals surface area (Å²) in [5.74, 6) is 0.794. The van der Waals surface area contributed by atoms with Gasteiger partial charge < -0.3 is 14.4 Å². The lowest BCUT2D eigenvalue weighted by molar-refractivity contribution is -0.135.